The maximum absolute atomic E-state index is 8.82. The predicted molar refractivity (Wildman–Crippen MR) is 120 cm³/mol. The number of methoxy groups -OCH3 is 1. The number of benzene rings is 2. The minimum Gasteiger partial charge on any atom is -0.497 e. The fourth-order valence-electron chi connectivity index (χ4n) is 3.36. The molecule has 160 valence electrons. The molecule has 0 aliphatic carbocycles. The van der Waals surface area contributed by atoms with E-state index in [0.717, 1.165) is 60.3 Å². The summed E-state index contributed by atoms with van der Waals surface area (Å²) in [6, 6.07) is 16.0. The van der Waals surface area contributed by atoms with Crippen molar-refractivity contribution in [3.63, 3.8) is 0 Å². The Morgan fingerprint density at radius 3 is 2.40 bits per heavy atom. The van der Waals surface area contributed by atoms with Gasteiger partial charge in [0.1, 0.15) is 18.2 Å². The van der Waals surface area contributed by atoms with Gasteiger partial charge >= 0.3 is 0 Å². The van der Waals surface area contributed by atoms with Crippen LogP contribution in [0.2, 0.25) is 0 Å². The predicted octanol–water partition coefficient (Wildman–Crippen LogP) is 4.87. The van der Waals surface area contributed by atoms with Gasteiger partial charge in [0.15, 0.2) is 5.82 Å². The number of hydrogen-bond acceptors (Lipinski definition) is 6. The van der Waals surface area contributed by atoms with Crippen LogP contribution in [0.15, 0.2) is 48.5 Å². The molecule has 0 aliphatic heterocycles. The number of hydrogen-bond donors (Lipinski definition) is 1. The van der Waals surface area contributed by atoms with Crippen molar-refractivity contribution in [1.82, 2.24) is 9.97 Å². The molecule has 3 aromatic rings. The quantitative estimate of drug-likeness (QED) is 0.431. The van der Waals surface area contributed by atoms with Crippen molar-refractivity contribution in [2.45, 2.75) is 38.7 Å². The lowest BCUT2D eigenvalue weighted by Gasteiger charge is -2.21. The van der Waals surface area contributed by atoms with Crippen molar-refractivity contribution in [3.05, 3.63) is 54.4 Å². The molecule has 0 radical (unpaired) electrons. The molecule has 6 nitrogen and oxygen atoms in total. The Hall–Kier alpha value is -2.70. The van der Waals surface area contributed by atoms with Crippen LogP contribution in [0.5, 0.6) is 5.75 Å². The second kappa shape index (κ2) is 11.5. The van der Waals surface area contributed by atoms with E-state index in [9.17, 15) is 0 Å². The van der Waals surface area contributed by atoms with Crippen LogP contribution < -0.4 is 9.64 Å². The second-order valence-electron chi connectivity index (χ2n) is 7.28. The lowest BCUT2D eigenvalue weighted by molar-refractivity contribution is 0.111. The van der Waals surface area contributed by atoms with Crippen molar-refractivity contribution in [1.29, 1.82) is 0 Å². The van der Waals surface area contributed by atoms with Crippen molar-refractivity contribution >= 4 is 22.4 Å². The van der Waals surface area contributed by atoms with E-state index in [-0.39, 0.29) is 6.61 Å². The standard InChI is InChI=1S/C24H31N3O3/c1-27(19-12-14-20(29-2)15-13-19)24-21-10-6-7-11-22(21)25-23(26-24)18-30-17-9-5-3-4-8-16-28/h6-7,10-15,28H,3-5,8-9,16-18H2,1-2H3. The van der Waals surface area contributed by atoms with Crippen molar-refractivity contribution in [3.8, 4) is 5.75 Å². The van der Waals surface area contributed by atoms with Gasteiger partial charge < -0.3 is 19.5 Å². The van der Waals surface area contributed by atoms with E-state index >= 15 is 0 Å². The fourth-order valence-corrected chi connectivity index (χ4v) is 3.36. The van der Waals surface area contributed by atoms with Gasteiger partial charge in [-0.25, -0.2) is 9.97 Å². The summed E-state index contributed by atoms with van der Waals surface area (Å²) in [6.07, 6.45) is 5.22. The summed E-state index contributed by atoms with van der Waals surface area (Å²) < 4.78 is 11.1. The van der Waals surface area contributed by atoms with Gasteiger partial charge in [-0.2, -0.15) is 0 Å². The van der Waals surface area contributed by atoms with Crippen LogP contribution in [0.3, 0.4) is 0 Å². The average Bonchev–Trinajstić information content (AvgIpc) is 2.80. The molecule has 0 atom stereocenters. The molecule has 0 saturated heterocycles. The number of nitrogens with zero attached hydrogens (tertiary/aromatic N) is 3. The summed E-state index contributed by atoms with van der Waals surface area (Å²) in [6.45, 7) is 1.37. The van der Waals surface area contributed by atoms with Crippen LogP contribution in [0.4, 0.5) is 11.5 Å². The van der Waals surface area contributed by atoms with E-state index < -0.39 is 0 Å². The van der Waals surface area contributed by atoms with Crippen molar-refractivity contribution in [2.75, 3.05) is 32.3 Å². The van der Waals surface area contributed by atoms with Gasteiger partial charge in [0.25, 0.3) is 0 Å². The molecule has 0 bridgehead atoms. The lowest BCUT2D eigenvalue weighted by atomic mass is 10.1. The molecule has 0 amide bonds. The number of unbranched alkanes of at least 4 members (excludes halogenated alkanes) is 4. The SMILES string of the molecule is COc1ccc(N(C)c2nc(COCCCCCCCO)nc3ccccc23)cc1. The van der Waals surface area contributed by atoms with Crippen molar-refractivity contribution < 1.29 is 14.6 Å². The van der Waals surface area contributed by atoms with E-state index in [1.54, 1.807) is 7.11 Å². The van der Waals surface area contributed by atoms with Crippen LogP contribution in [0.25, 0.3) is 10.9 Å². The van der Waals surface area contributed by atoms with E-state index in [2.05, 4.69) is 9.88 Å². The highest BCUT2D eigenvalue weighted by Gasteiger charge is 2.13. The molecule has 0 fully saturated rings. The molecule has 1 heterocycles. The Balaban J connectivity index is 1.69. The zero-order valence-electron chi connectivity index (χ0n) is 17.9. The zero-order valence-corrected chi connectivity index (χ0v) is 17.9. The number of rotatable bonds is 12. The Labute approximate surface area is 178 Å². The molecule has 0 unspecified atom stereocenters. The average molecular weight is 410 g/mol. The Morgan fingerprint density at radius 1 is 0.900 bits per heavy atom. The van der Waals surface area contributed by atoms with E-state index in [1.165, 1.54) is 0 Å². The largest absolute Gasteiger partial charge is 0.497 e. The molecule has 0 spiro atoms. The van der Waals surface area contributed by atoms with E-state index in [1.807, 2.05) is 55.6 Å². The van der Waals surface area contributed by atoms with Gasteiger partial charge in [-0.1, -0.05) is 31.4 Å². The van der Waals surface area contributed by atoms with Gasteiger partial charge in [0.05, 0.1) is 12.6 Å². The maximum atomic E-state index is 8.82. The highest BCUT2D eigenvalue weighted by Crippen LogP contribution is 2.29. The highest BCUT2D eigenvalue weighted by molar-refractivity contribution is 5.91. The smallest absolute Gasteiger partial charge is 0.157 e. The van der Waals surface area contributed by atoms with Gasteiger partial charge in [0, 0.05) is 31.3 Å². The number of aromatic nitrogens is 2. The molecule has 0 aliphatic rings. The zero-order chi connectivity index (χ0) is 21.2. The molecule has 3 rings (SSSR count). The highest BCUT2D eigenvalue weighted by atomic mass is 16.5. The van der Waals surface area contributed by atoms with Gasteiger partial charge in [-0.3, -0.25) is 0 Å². The summed E-state index contributed by atoms with van der Waals surface area (Å²) in [7, 11) is 3.67. The molecular weight excluding hydrogens is 378 g/mol. The molecule has 0 saturated carbocycles. The molecule has 30 heavy (non-hydrogen) atoms. The topological polar surface area (TPSA) is 67.7 Å². The maximum Gasteiger partial charge on any atom is 0.157 e. The van der Waals surface area contributed by atoms with Crippen LogP contribution >= 0.6 is 0 Å². The minimum atomic E-state index is 0.281. The van der Waals surface area contributed by atoms with Crippen LogP contribution in [-0.2, 0) is 11.3 Å². The molecule has 1 aromatic heterocycles. The Kier molecular flexibility index (Phi) is 8.41. The molecule has 2 aromatic carbocycles. The van der Waals surface area contributed by atoms with Crippen LogP contribution in [-0.4, -0.2) is 42.4 Å². The van der Waals surface area contributed by atoms with E-state index in [0.29, 0.717) is 19.0 Å². The first-order valence-corrected chi connectivity index (χ1v) is 10.5. The Bertz CT molecular complexity index is 915. The minimum absolute atomic E-state index is 0.281. The molecule has 1 N–H and O–H groups in total. The first-order chi connectivity index (χ1) is 14.7. The number of ether oxygens (including phenoxy) is 2. The summed E-state index contributed by atoms with van der Waals surface area (Å²) in [4.78, 5) is 11.6. The monoisotopic (exact) mass is 409 g/mol. The first kappa shape index (κ1) is 22.0. The van der Waals surface area contributed by atoms with Gasteiger partial charge in [-0.15, -0.1) is 0 Å². The number of anilines is 2. The summed E-state index contributed by atoms with van der Waals surface area (Å²) in [5.41, 5.74) is 1.93. The summed E-state index contributed by atoms with van der Waals surface area (Å²) in [5.74, 6) is 2.36. The lowest BCUT2D eigenvalue weighted by Crippen LogP contribution is -2.14. The first-order valence-electron chi connectivity index (χ1n) is 10.5. The normalized spacial score (nSPS) is 11.0. The summed E-state index contributed by atoms with van der Waals surface area (Å²) in [5, 5.41) is 9.82. The van der Waals surface area contributed by atoms with E-state index in [4.69, 9.17) is 19.6 Å². The third kappa shape index (κ3) is 5.90. The number of fused-ring (bicyclic) bond motifs is 1. The molecular formula is C24H31N3O3. The number of para-hydroxylation sites is 1. The van der Waals surface area contributed by atoms with Crippen LogP contribution in [0.1, 0.15) is 37.9 Å². The third-order valence-corrected chi connectivity index (χ3v) is 5.08. The summed E-state index contributed by atoms with van der Waals surface area (Å²) >= 11 is 0. The van der Waals surface area contributed by atoms with Gasteiger partial charge in [0.2, 0.25) is 0 Å². The van der Waals surface area contributed by atoms with Crippen molar-refractivity contribution in [2.24, 2.45) is 0 Å². The Morgan fingerprint density at radius 2 is 1.63 bits per heavy atom. The fraction of sp³-hybridized carbons (Fsp3) is 0.417. The third-order valence-electron chi connectivity index (χ3n) is 5.08. The molecule has 6 heteroatoms. The number of aliphatic hydroxyl groups excluding tert-OH is 1. The second-order valence-corrected chi connectivity index (χ2v) is 7.28. The number of aliphatic hydroxyl groups is 1. The van der Waals surface area contributed by atoms with Gasteiger partial charge in [-0.05, 0) is 49.2 Å². The van der Waals surface area contributed by atoms with Crippen LogP contribution in [0, 0.1) is 0 Å².